The Bertz CT molecular complexity index is 624. The van der Waals surface area contributed by atoms with Gasteiger partial charge in [0.15, 0.2) is 5.96 Å². The highest BCUT2D eigenvalue weighted by Gasteiger charge is 2.25. The largest absolute Gasteiger partial charge is 0.354 e. The fraction of sp³-hybridized carbons (Fsp3) is 0.562. The molecule has 1 aliphatic heterocycles. The van der Waals surface area contributed by atoms with Gasteiger partial charge in [0.05, 0.1) is 6.54 Å². The van der Waals surface area contributed by atoms with Crippen molar-refractivity contribution in [2.24, 2.45) is 12.0 Å². The molecule has 0 spiro atoms. The summed E-state index contributed by atoms with van der Waals surface area (Å²) in [4.78, 5) is 31.2. The van der Waals surface area contributed by atoms with Gasteiger partial charge in [0.1, 0.15) is 0 Å². The molecule has 0 aromatic carbocycles. The van der Waals surface area contributed by atoms with Crippen LogP contribution in [0.2, 0.25) is 0 Å². The van der Waals surface area contributed by atoms with Gasteiger partial charge in [-0.25, -0.2) is 0 Å². The quantitative estimate of drug-likeness (QED) is 0.462. The van der Waals surface area contributed by atoms with Crippen LogP contribution in [0.25, 0.3) is 0 Å². The highest BCUT2D eigenvalue weighted by Crippen LogP contribution is 2.15. The molecule has 2 rings (SSSR count). The number of hydrogen-bond donors (Lipinski definition) is 1. The average Bonchev–Trinajstić information content (AvgIpc) is 2.83. The zero-order chi connectivity index (χ0) is 17.7. The van der Waals surface area contributed by atoms with Crippen molar-refractivity contribution in [1.29, 1.82) is 0 Å². The Balaban J connectivity index is 1.86. The molecule has 0 atom stereocenters. The lowest BCUT2D eigenvalue weighted by molar-refractivity contribution is -0.147. The lowest BCUT2D eigenvalue weighted by atomic mass is 10.1. The molecule has 8 heteroatoms. The second kappa shape index (κ2) is 8.32. The molecule has 24 heavy (non-hydrogen) atoms. The molecule has 1 saturated heterocycles. The number of nitrogens with zero attached hydrogens (tertiary/aromatic N) is 4. The lowest BCUT2D eigenvalue weighted by Gasteiger charge is -2.26. The van der Waals surface area contributed by atoms with Crippen LogP contribution < -0.4 is 5.32 Å². The van der Waals surface area contributed by atoms with E-state index < -0.39 is 0 Å². The van der Waals surface area contributed by atoms with Crippen LogP contribution in [0.3, 0.4) is 0 Å². The first-order chi connectivity index (χ1) is 11.4. The number of piperidine rings is 1. The summed E-state index contributed by atoms with van der Waals surface area (Å²) in [5, 5.41) is 3.21. The predicted molar refractivity (Wildman–Crippen MR) is 96.5 cm³/mol. The molecular formula is C16H24BrN5O2. The van der Waals surface area contributed by atoms with Gasteiger partial charge in [-0.15, -0.1) is 0 Å². The summed E-state index contributed by atoms with van der Waals surface area (Å²) in [6.45, 7) is 1.56. The second-order valence-corrected chi connectivity index (χ2v) is 6.80. The van der Waals surface area contributed by atoms with Crippen molar-refractivity contribution in [2.45, 2.75) is 25.8 Å². The van der Waals surface area contributed by atoms with E-state index in [1.807, 2.05) is 25.2 Å². The number of imide groups is 1. The van der Waals surface area contributed by atoms with Crippen LogP contribution in [-0.4, -0.2) is 59.3 Å². The molecule has 0 bridgehead atoms. The monoisotopic (exact) mass is 397 g/mol. The van der Waals surface area contributed by atoms with Crippen LogP contribution in [0, 0.1) is 0 Å². The molecule has 0 unspecified atom stereocenters. The third-order valence-corrected chi connectivity index (χ3v) is 4.48. The van der Waals surface area contributed by atoms with Crippen molar-refractivity contribution in [3.8, 4) is 0 Å². The summed E-state index contributed by atoms with van der Waals surface area (Å²) >= 11 is 3.47. The van der Waals surface area contributed by atoms with Crippen molar-refractivity contribution in [3.63, 3.8) is 0 Å². The molecule has 1 N–H and O–H groups in total. The molecule has 1 aromatic rings. The highest BCUT2D eigenvalue weighted by molar-refractivity contribution is 9.10. The number of nitrogens with one attached hydrogen (secondary N) is 1. The molecule has 0 radical (unpaired) electrons. The molecular weight excluding hydrogens is 374 g/mol. The van der Waals surface area contributed by atoms with E-state index in [-0.39, 0.29) is 11.8 Å². The molecule has 1 aromatic heterocycles. The van der Waals surface area contributed by atoms with Crippen molar-refractivity contribution in [3.05, 3.63) is 22.4 Å². The van der Waals surface area contributed by atoms with Gasteiger partial charge < -0.3 is 14.8 Å². The van der Waals surface area contributed by atoms with E-state index >= 15 is 0 Å². The number of aromatic nitrogens is 1. The molecule has 1 aliphatic rings. The number of rotatable bonds is 5. The molecule has 1 fully saturated rings. The van der Waals surface area contributed by atoms with Gasteiger partial charge in [0.25, 0.3) is 0 Å². The van der Waals surface area contributed by atoms with Crippen molar-refractivity contribution < 1.29 is 9.59 Å². The summed E-state index contributed by atoms with van der Waals surface area (Å²) in [6, 6.07) is 2.06. The number of likely N-dealkylation sites (tertiary alicyclic amines) is 1. The zero-order valence-corrected chi connectivity index (χ0v) is 16.0. The SMILES string of the molecule is CN=C(NCCN1C(=O)CCCC1=O)N(C)Cc1cc(Br)cn1C. The van der Waals surface area contributed by atoms with Crippen molar-refractivity contribution >= 4 is 33.7 Å². The van der Waals surface area contributed by atoms with Crippen LogP contribution in [-0.2, 0) is 23.2 Å². The molecule has 2 amide bonds. The maximum Gasteiger partial charge on any atom is 0.229 e. The molecule has 132 valence electrons. The van der Waals surface area contributed by atoms with E-state index in [0.717, 1.165) is 16.1 Å². The van der Waals surface area contributed by atoms with Gasteiger partial charge in [-0.05, 0) is 28.4 Å². The van der Waals surface area contributed by atoms with E-state index in [1.165, 1.54) is 4.90 Å². The number of amides is 2. The number of carbonyl (C=O) groups is 2. The van der Waals surface area contributed by atoms with E-state index in [2.05, 4.69) is 36.9 Å². The topological polar surface area (TPSA) is 69.9 Å². The van der Waals surface area contributed by atoms with Crippen molar-refractivity contribution in [1.82, 2.24) is 19.7 Å². The number of aryl methyl sites for hydroxylation is 1. The fourth-order valence-corrected chi connectivity index (χ4v) is 3.33. The van der Waals surface area contributed by atoms with Gasteiger partial charge in [-0.3, -0.25) is 19.5 Å². The highest BCUT2D eigenvalue weighted by atomic mass is 79.9. The Morgan fingerprint density at radius 2 is 2.04 bits per heavy atom. The summed E-state index contributed by atoms with van der Waals surface area (Å²) < 4.78 is 3.09. The fourth-order valence-electron chi connectivity index (χ4n) is 2.75. The maximum absolute atomic E-state index is 11.8. The Morgan fingerprint density at radius 1 is 1.38 bits per heavy atom. The summed E-state index contributed by atoms with van der Waals surface area (Å²) in [5.41, 5.74) is 1.15. The first kappa shape index (κ1) is 18.5. The third kappa shape index (κ3) is 4.59. The van der Waals surface area contributed by atoms with E-state index in [1.54, 1.807) is 7.05 Å². The van der Waals surface area contributed by atoms with Gasteiger partial charge in [0, 0.05) is 63.4 Å². The molecule has 0 saturated carbocycles. The average molecular weight is 398 g/mol. The minimum Gasteiger partial charge on any atom is -0.354 e. The Hall–Kier alpha value is -1.83. The lowest BCUT2D eigenvalue weighted by Crippen LogP contribution is -2.46. The smallest absolute Gasteiger partial charge is 0.229 e. The summed E-state index contributed by atoms with van der Waals surface area (Å²) in [5.74, 6) is 0.569. The van der Waals surface area contributed by atoms with E-state index in [4.69, 9.17) is 0 Å². The molecule has 2 heterocycles. The Kier molecular flexibility index (Phi) is 6.42. The van der Waals surface area contributed by atoms with Gasteiger partial charge in [-0.2, -0.15) is 0 Å². The number of hydrogen-bond acceptors (Lipinski definition) is 3. The van der Waals surface area contributed by atoms with Crippen LogP contribution in [0.5, 0.6) is 0 Å². The molecule has 7 nitrogen and oxygen atoms in total. The molecule has 0 aliphatic carbocycles. The van der Waals surface area contributed by atoms with E-state index in [9.17, 15) is 9.59 Å². The number of carbonyl (C=O) groups excluding carboxylic acids is 2. The number of guanidine groups is 1. The minimum atomic E-state index is -0.0787. The van der Waals surface area contributed by atoms with E-state index in [0.29, 0.717) is 38.9 Å². The summed E-state index contributed by atoms with van der Waals surface area (Å²) in [6.07, 6.45) is 3.59. The second-order valence-electron chi connectivity index (χ2n) is 5.88. The third-order valence-electron chi connectivity index (χ3n) is 4.05. The van der Waals surface area contributed by atoms with Crippen LogP contribution >= 0.6 is 15.9 Å². The van der Waals surface area contributed by atoms with Crippen molar-refractivity contribution in [2.75, 3.05) is 27.2 Å². The van der Waals surface area contributed by atoms with Crippen LogP contribution in [0.15, 0.2) is 21.7 Å². The number of halogens is 1. The van der Waals surface area contributed by atoms with Gasteiger partial charge in [0.2, 0.25) is 11.8 Å². The van der Waals surface area contributed by atoms with Gasteiger partial charge in [-0.1, -0.05) is 0 Å². The standard InChI is InChI=1S/C16H24BrN5O2/c1-18-16(21(3)11-13-9-12(17)10-20(13)2)19-7-8-22-14(23)5-4-6-15(22)24/h9-10H,4-8,11H2,1-3H3,(H,18,19). The minimum absolute atomic E-state index is 0.0787. The van der Waals surface area contributed by atoms with Gasteiger partial charge >= 0.3 is 0 Å². The Morgan fingerprint density at radius 3 is 2.58 bits per heavy atom. The first-order valence-corrected chi connectivity index (χ1v) is 8.77. The first-order valence-electron chi connectivity index (χ1n) is 7.98. The van der Waals surface area contributed by atoms with Crippen LogP contribution in [0.1, 0.15) is 25.0 Å². The predicted octanol–water partition coefficient (Wildman–Crippen LogP) is 1.33. The maximum atomic E-state index is 11.8. The van der Waals surface area contributed by atoms with Crippen LogP contribution in [0.4, 0.5) is 0 Å². The number of aliphatic imine (C=N–C) groups is 1. The summed E-state index contributed by atoms with van der Waals surface area (Å²) in [7, 11) is 5.67. The Labute approximate surface area is 150 Å². The normalized spacial score (nSPS) is 15.8. The zero-order valence-electron chi connectivity index (χ0n) is 14.4.